The number of hydrogen-bond acceptors (Lipinski definition) is 4. The maximum absolute atomic E-state index is 13.8. The van der Waals surface area contributed by atoms with Crippen molar-refractivity contribution in [2.45, 2.75) is 25.4 Å². The van der Waals surface area contributed by atoms with E-state index in [1.54, 1.807) is 0 Å². The van der Waals surface area contributed by atoms with E-state index in [9.17, 15) is 27.6 Å². The third kappa shape index (κ3) is 5.62. The number of allylic oxidation sites excluding steroid dienone is 2. The molecule has 0 fully saturated rings. The van der Waals surface area contributed by atoms with Gasteiger partial charge in [-0.1, -0.05) is 18.2 Å². The van der Waals surface area contributed by atoms with Crippen LogP contribution in [0.25, 0.3) is 4.85 Å². The zero-order valence-electron chi connectivity index (χ0n) is 19.9. The van der Waals surface area contributed by atoms with Crippen LogP contribution in [0.3, 0.4) is 0 Å². The highest BCUT2D eigenvalue weighted by Gasteiger charge is 2.47. The van der Waals surface area contributed by atoms with Gasteiger partial charge in [0, 0.05) is 37.3 Å². The molecule has 1 heterocycles. The molecule has 0 aliphatic carbocycles. The first-order chi connectivity index (χ1) is 17.5. The van der Waals surface area contributed by atoms with Gasteiger partial charge in [-0.25, -0.2) is 4.85 Å². The van der Waals surface area contributed by atoms with Crippen molar-refractivity contribution in [1.82, 2.24) is 10.6 Å². The highest BCUT2D eigenvalue weighted by atomic mass is 19.4. The second-order valence-electron chi connectivity index (χ2n) is 8.21. The number of anilines is 1. The fourth-order valence-electron chi connectivity index (χ4n) is 4.15. The molecule has 2 aromatic rings. The zero-order valence-corrected chi connectivity index (χ0v) is 19.9. The van der Waals surface area contributed by atoms with Crippen molar-refractivity contribution in [3.05, 3.63) is 88.0 Å². The van der Waals surface area contributed by atoms with Crippen LogP contribution in [0.5, 0.6) is 0 Å². The van der Waals surface area contributed by atoms with Crippen LogP contribution in [0.2, 0.25) is 0 Å². The molecule has 3 rings (SSSR count). The first kappa shape index (κ1) is 27.0. The third-order valence-electron chi connectivity index (χ3n) is 5.98. The van der Waals surface area contributed by atoms with Crippen molar-refractivity contribution in [2.75, 3.05) is 18.5 Å². The fourth-order valence-corrected chi connectivity index (χ4v) is 4.15. The molecule has 3 amide bonds. The summed E-state index contributed by atoms with van der Waals surface area (Å²) in [5.74, 6) is -4.52. The van der Waals surface area contributed by atoms with Gasteiger partial charge in [0.2, 0.25) is 17.7 Å². The van der Waals surface area contributed by atoms with Gasteiger partial charge in [-0.05, 0) is 42.8 Å². The number of nitrogens with one attached hydrogen (secondary N) is 2. The summed E-state index contributed by atoms with van der Waals surface area (Å²) in [7, 11) is 1.43. The van der Waals surface area contributed by atoms with Crippen molar-refractivity contribution in [1.29, 1.82) is 5.26 Å². The third-order valence-corrected chi connectivity index (χ3v) is 5.98. The topological polar surface area (TPSA) is 107 Å². The number of rotatable bonds is 6. The molecule has 190 valence electrons. The Labute approximate surface area is 211 Å². The van der Waals surface area contributed by atoms with Crippen molar-refractivity contribution < 1.29 is 27.6 Å². The number of carbonyl (C=O) groups is 3. The molecule has 0 radical (unpaired) electrons. The van der Waals surface area contributed by atoms with Gasteiger partial charge in [0.25, 0.3) is 0 Å². The van der Waals surface area contributed by atoms with E-state index >= 15 is 0 Å². The lowest BCUT2D eigenvalue weighted by atomic mass is 9.78. The lowest BCUT2D eigenvalue weighted by Gasteiger charge is -2.38. The van der Waals surface area contributed by atoms with Gasteiger partial charge in [-0.15, -0.1) is 0 Å². The number of halogens is 3. The largest absolute Gasteiger partial charge is 0.416 e. The molecule has 0 aromatic heterocycles. The molecular formula is C26H22F3N5O3. The van der Waals surface area contributed by atoms with Crippen molar-refractivity contribution in [2.24, 2.45) is 5.92 Å². The van der Waals surface area contributed by atoms with Crippen molar-refractivity contribution in [3.63, 3.8) is 0 Å². The van der Waals surface area contributed by atoms with E-state index in [0.29, 0.717) is 11.1 Å². The number of alkyl halides is 3. The number of amides is 3. The molecule has 0 bridgehead atoms. The Morgan fingerprint density at radius 2 is 1.86 bits per heavy atom. The van der Waals surface area contributed by atoms with Gasteiger partial charge in [-0.2, -0.15) is 18.4 Å². The Kier molecular flexibility index (Phi) is 7.98. The summed E-state index contributed by atoms with van der Waals surface area (Å²) in [6, 6.07) is 12.1. The molecule has 1 aliphatic rings. The second-order valence-corrected chi connectivity index (χ2v) is 8.21. The van der Waals surface area contributed by atoms with E-state index in [4.69, 9.17) is 11.8 Å². The van der Waals surface area contributed by atoms with E-state index in [-0.39, 0.29) is 36.0 Å². The maximum atomic E-state index is 13.8. The number of benzene rings is 2. The van der Waals surface area contributed by atoms with E-state index in [1.807, 2.05) is 6.07 Å². The minimum Gasteiger partial charge on any atom is -0.359 e. The van der Waals surface area contributed by atoms with Gasteiger partial charge < -0.3 is 10.6 Å². The minimum atomic E-state index is -4.67. The van der Waals surface area contributed by atoms with Crippen LogP contribution in [0.1, 0.15) is 36.0 Å². The quantitative estimate of drug-likeness (QED) is 0.457. The summed E-state index contributed by atoms with van der Waals surface area (Å²) >= 11 is 0. The monoisotopic (exact) mass is 509 g/mol. The average molecular weight is 509 g/mol. The Balaban J connectivity index is 2.15. The predicted molar refractivity (Wildman–Crippen MR) is 127 cm³/mol. The zero-order chi connectivity index (χ0) is 27.3. The molecule has 0 saturated heterocycles. The first-order valence-electron chi connectivity index (χ1n) is 11.1. The Hall–Kier alpha value is -4.64. The van der Waals surface area contributed by atoms with Crippen LogP contribution in [0, 0.1) is 23.8 Å². The molecule has 2 aromatic carbocycles. The number of nitriles is 1. The summed E-state index contributed by atoms with van der Waals surface area (Å²) in [5.41, 5.74) is -0.312. The fraction of sp³-hybridized carbons (Fsp3) is 0.269. The van der Waals surface area contributed by atoms with Crippen LogP contribution in [0.15, 0.2) is 59.9 Å². The molecule has 0 saturated carbocycles. The Morgan fingerprint density at radius 1 is 1.19 bits per heavy atom. The van der Waals surface area contributed by atoms with E-state index in [1.165, 1.54) is 44.3 Å². The summed E-state index contributed by atoms with van der Waals surface area (Å²) < 4.78 is 40.1. The van der Waals surface area contributed by atoms with Gasteiger partial charge >= 0.3 is 6.18 Å². The SMILES string of the molecule is [C-]#[N+]C1=C(C)N(c2cccc(C(F)(F)F)c2)C(=O)C(C(=O)NCCC(=O)NC)C1c1ccc(C#N)cc1. The molecule has 2 atom stereocenters. The molecule has 1 aliphatic heterocycles. The van der Waals surface area contributed by atoms with E-state index < -0.39 is 35.4 Å². The molecule has 8 nitrogen and oxygen atoms in total. The predicted octanol–water partition coefficient (Wildman–Crippen LogP) is 3.73. The van der Waals surface area contributed by atoms with Gasteiger partial charge in [0.1, 0.15) is 5.92 Å². The maximum Gasteiger partial charge on any atom is 0.416 e. The standard InChI is InChI=1S/C26H22F3N5O3/c1-15-23(32-3)21(17-9-7-16(14-30)8-10-17)22(24(36)33-12-11-20(35)31-2)25(37)34(15)19-6-4-5-18(13-19)26(27,28)29/h4-10,13,21-22H,11-12H2,1-2H3,(H,31,35)(H,33,36). The van der Waals surface area contributed by atoms with Crippen molar-refractivity contribution >= 4 is 23.4 Å². The lowest BCUT2D eigenvalue weighted by Crippen LogP contribution is -2.50. The molecule has 2 unspecified atom stereocenters. The number of carbonyl (C=O) groups excluding carboxylic acids is 3. The van der Waals surface area contributed by atoms with E-state index in [0.717, 1.165) is 23.1 Å². The summed E-state index contributed by atoms with van der Waals surface area (Å²) in [6.45, 7) is 9.15. The lowest BCUT2D eigenvalue weighted by molar-refractivity contribution is -0.138. The van der Waals surface area contributed by atoms with Crippen LogP contribution >= 0.6 is 0 Å². The van der Waals surface area contributed by atoms with Gasteiger partial charge in [-0.3, -0.25) is 19.3 Å². The minimum absolute atomic E-state index is 0.00632. The Morgan fingerprint density at radius 3 is 2.43 bits per heavy atom. The summed E-state index contributed by atoms with van der Waals surface area (Å²) in [4.78, 5) is 43.2. The highest BCUT2D eigenvalue weighted by Crippen LogP contribution is 2.43. The molecule has 2 N–H and O–H groups in total. The van der Waals surface area contributed by atoms with Gasteiger partial charge in [0.15, 0.2) is 5.70 Å². The molecule has 37 heavy (non-hydrogen) atoms. The number of nitrogens with zero attached hydrogens (tertiary/aromatic N) is 3. The highest BCUT2D eigenvalue weighted by molar-refractivity contribution is 6.12. The molecule has 0 spiro atoms. The van der Waals surface area contributed by atoms with Crippen LogP contribution in [-0.4, -0.2) is 31.3 Å². The van der Waals surface area contributed by atoms with Crippen LogP contribution < -0.4 is 15.5 Å². The molecule has 11 heteroatoms. The first-order valence-corrected chi connectivity index (χ1v) is 11.1. The van der Waals surface area contributed by atoms with Crippen LogP contribution in [0.4, 0.5) is 18.9 Å². The number of hydrogen-bond donors (Lipinski definition) is 2. The van der Waals surface area contributed by atoms with Crippen LogP contribution in [-0.2, 0) is 20.6 Å². The summed E-state index contributed by atoms with van der Waals surface area (Å²) in [5, 5.41) is 14.1. The van der Waals surface area contributed by atoms with Gasteiger partial charge in [0.05, 0.1) is 23.8 Å². The average Bonchev–Trinajstić information content (AvgIpc) is 2.88. The molecular weight excluding hydrogens is 487 g/mol. The smallest absolute Gasteiger partial charge is 0.359 e. The van der Waals surface area contributed by atoms with Crippen molar-refractivity contribution in [3.8, 4) is 6.07 Å². The normalized spacial score (nSPS) is 17.6. The van der Waals surface area contributed by atoms with E-state index in [2.05, 4.69) is 15.5 Å². The summed E-state index contributed by atoms with van der Waals surface area (Å²) in [6.07, 6.45) is -4.73. The second kappa shape index (κ2) is 11.0. The Bertz CT molecular complexity index is 1340.